The number of benzene rings is 1. The Bertz CT molecular complexity index is 544. The van der Waals surface area contributed by atoms with Crippen LogP contribution in [0.15, 0.2) is 35.5 Å². The van der Waals surface area contributed by atoms with Crippen molar-refractivity contribution >= 4 is 35.6 Å². The maximum Gasteiger partial charge on any atom is 0.673 e. The highest BCUT2D eigenvalue weighted by molar-refractivity contribution is 7.96. The highest BCUT2D eigenvalue weighted by Gasteiger charge is 2.21. The smallest absolute Gasteiger partial charge is 0.418 e. The van der Waals surface area contributed by atoms with Crippen LogP contribution in [0.2, 0.25) is 0 Å². The van der Waals surface area contributed by atoms with Gasteiger partial charge in [0.15, 0.2) is 11.5 Å². The third-order valence-corrected chi connectivity index (χ3v) is 2.84. The zero-order chi connectivity index (χ0) is 18.0. The van der Waals surface area contributed by atoms with Crippen LogP contribution in [0.1, 0.15) is 12.5 Å². The van der Waals surface area contributed by atoms with E-state index in [2.05, 4.69) is 9.99 Å². The maximum atomic E-state index is 12.1. The summed E-state index contributed by atoms with van der Waals surface area (Å²) in [6.07, 6.45) is 3.96. The minimum absolute atomic E-state index is 0.0252. The van der Waals surface area contributed by atoms with Gasteiger partial charge in [-0.15, -0.1) is 0 Å². The van der Waals surface area contributed by atoms with Gasteiger partial charge in [-0.1, -0.05) is 35.5 Å². The summed E-state index contributed by atoms with van der Waals surface area (Å²) in [5.74, 6) is -0.256. The van der Waals surface area contributed by atoms with Gasteiger partial charge in [-0.25, -0.2) is 4.79 Å². The van der Waals surface area contributed by atoms with Gasteiger partial charge in [-0.05, 0) is 10.9 Å². The van der Waals surface area contributed by atoms with Gasteiger partial charge in [-0.3, -0.25) is 4.79 Å². The third kappa shape index (κ3) is 12.4. The van der Waals surface area contributed by atoms with Gasteiger partial charge < -0.3 is 22.1 Å². The quantitative estimate of drug-likeness (QED) is 0.204. The minimum Gasteiger partial charge on any atom is -0.418 e. The predicted octanol–water partition coefficient (Wildman–Crippen LogP) is 2.70. The van der Waals surface area contributed by atoms with Gasteiger partial charge in [0.05, 0.1) is 12.5 Å². The number of ketones is 1. The van der Waals surface area contributed by atoms with E-state index >= 15 is 0 Å². The number of carbonyl (C=O) groups is 2. The first-order valence-electron chi connectivity index (χ1n) is 6.26. The van der Waals surface area contributed by atoms with Gasteiger partial charge in [-0.2, -0.15) is 0 Å². The number of rotatable bonds is 5. The minimum atomic E-state index is -6.00. The number of hydrogen-bond acceptors (Lipinski definition) is 4. The second kappa shape index (κ2) is 10.0. The molecular weight excluding hydrogens is 337 g/mol. The van der Waals surface area contributed by atoms with E-state index < -0.39 is 13.2 Å². The molecule has 0 bridgehead atoms. The number of oxime groups is 1. The third-order valence-electron chi connectivity index (χ3n) is 2.00. The van der Waals surface area contributed by atoms with E-state index in [1.807, 2.05) is 30.7 Å². The average molecular weight is 353 g/mol. The molecule has 1 aromatic rings. The molecular formula is C13H16BF4NO3S. The van der Waals surface area contributed by atoms with Gasteiger partial charge in [0.2, 0.25) is 5.78 Å². The summed E-state index contributed by atoms with van der Waals surface area (Å²) in [6, 6.07) is 9.00. The Hall–Kier alpha value is -1.84. The fraction of sp³-hybridized carbons (Fsp3) is 0.308. The molecule has 4 nitrogen and oxygen atoms in total. The molecule has 0 spiro atoms. The molecule has 1 rings (SSSR count). The van der Waals surface area contributed by atoms with Crippen molar-refractivity contribution in [2.45, 2.75) is 6.92 Å². The highest BCUT2D eigenvalue weighted by atomic mass is 32.2. The summed E-state index contributed by atoms with van der Waals surface area (Å²) in [5, 5.41) is 3.67. The summed E-state index contributed by atoms with van der Waals surface area (Å²) in [5.41, 5.74) is 0.862. The molecule has 0 aromatic heterocycles. The summed E-state index contributed by atoms with van der Waals surface area (Å²) in [7, 11) is -6.03. The molecule has 0 amide bonds. The predicted molar refractivity (Wildman–Crippen MR) is 84.0 cm³/mol. The van der Waals surface area contributed by atoms with Crippen LogP contribution in [0.3, 0.4) is 0 Å². The van der Waals surface area contributed by atoms with E-state index in [1.54, 1.807) is 12.1 Å². The van der Waals surface area contributed by atoms with Gasteiger partial charge in [0.25, 0.3) is 0 Å². The molecule has 0 saturated heterocycles. The summed E-state index contributed by atoms with van der Waals surface area (Å²) in [6.45, 7) is 1.25. The van der Waals surface area contributed by atoms with Crippen LogP contribution in [0.4, 0.5) is 17.3 Å². The molecule has 23 heavy (non-hydrogen) atoms. The molecule has 0 saturated carbocycles. The van der Waals surface area contributed by atoms with Crippen molar-refractivity contribution < 1.29 is 31.7 Å². The van der Waals surface area contributed by atoms with E-state index in [4.69, 9.17) is 0 Å². The van der Waals surface area contributed by atoms with E-state index in [0.717, 1.165) is 0 Å². The molecule has 0 heterocycles. The van der Waals surface area contributed by atoms with E-state index in [0.29, 0.717) is 11.3 Å². The van der Waals surface area contributed by atoms with Crippen molar-refractivity contribution in [1.82, 2.24) is 0 Å². The molecule has 128 valence electrons. The lowest BCUT2D eigenvalue weighted by Gasteiger charge is -2.03. The first kappa shape index (κ1) is 21.2. The molecule has 0 aliphatic heterocycles. The molecule has 0 aliphatic carbocycles. The standard InChI is InChI=1S/C13H16NO3S.BF4/c1-10(15)17-14-13(12(16)9-18(2)3)11-7-5-4-6-8-11;2-1(3,4)5/h4-8H,9H2,1-3H3;/q+1;-1. The summed E-state index contributed by atoms with van der Waals surface area (Å²) >= 11 is 0. The van der Waals surface area contributed by atoms with Crippen LogP contribution in [-0.4, -0.2) is 43.0 Å². The van der Waals surface area contributed by atoms with E-state index in [-0.39, 0.29) is 22.4 Å². The van der Waals surface area contributed by atoms with Gasteiger partial charge >= 0.3 is 13.2 Å². The zero-order valence-electron chi connectivity index (χ0n) is 12.8. The van der Waals surface area contributed by atoms with Crippen molar-refractivity contribution in [2.75, 3.05) is 18.3 Å². The van der Waals surface area contributed by atoms with Crippen LogP contribution >= 0.6 is 0 Å². The zero-order valence-corrected chi connectivity index (χ0v) is 13.6. The van der Waals surface area contributed by atoms with Crippen molar-refractivity contribution in [3.05, 3.63) is 35.9 Å². The van der Waals surface area contributed by atoms with Crippen molar-refractivity contribution in [3.8, 4) is 0 Å². The largest absolute Gasteiger partial charge is 0.673 e. The normalized spacial score (nSPS) is 11.6. The first-order valence-corrected chi connectivity index (χ1v) is 8.47. The van der Waals surface area contributed by atoms with Crippen molar-refractivity contribution in [1.29, 1.82) is 0 Å². The molecule has 10 heteroatoms. The molecule has 0 aliphatic rings. The van der Waals surface area contributed by atoms with Crippen LogP contribution in [-0.2, 0) is 25.3 Å². The molecule has 0 fully saturated rings. The number of Topliss-reactive ketones (excluding diaryl/α,β-unsaturated/α-hetero) is 1. The second-order valence-electron chi connectivity index (χ2n) is 4.44. The summed E-state index contributed by atoms with van der Waals surface area (Å²) < 4.78 is 39.0. The summed E-state index contributed by atoms with van der Waals surface area (Å²) in [4.78, 5) is 27.4. The lowest BCUT2D eigenvalue weighted by Crippen LogP contribution is -2.24. The average Bonchev–Trinajstić information content (AvgIpc) is 2.37. The van der Waals surface area contributed by atoms with Crippen LogP contribution in [0.5, 0.6) is 0 Å². The Morgan fingerprint density at radius 3 is 2.00 bits per heavy atom. The van der Waals surface area contributed by atoms with Crippen LogP contribution < -0.4 is 0 Å². The Balaban J connectivity index is 0.000000841. The first-order chi connectivity index (χ1) is 10.5. The van der Waals surface area contributed by atoms with Crippen LogP contribution in [0, 0.1) is 0 Å². The Kier molecular flexibility index (Phi) is 9.24. The molecule has 0 unspecified atom stereocenters. The monoisotopic (exact) mass is 353 g/mol. The maximum absolute atomic E-state index is 12.1. The molecule has 0 N–H and O–H groups in total. The Morgan fingerprint density at radius 1 is 1.13 bits per heavy atom. The van der Waals surface area contributed by atoms with Crippen molar-refractivity contribution in [2.24, 2.45) is 5.16 Å². The van der Waals surface area contributed by atoms with Crippen molar-refractivity contribution in [3.63, 3.8) is 0 Å². The molecule has 0 radical (unpaired) electrons. The highest BCUT2D eigenvalue weighted by Crippen LogP contribution is 2.06. The lowest BCUT2D eigenvalue weighted by molar-refractivity contribution is -0.140. The Morgan fingerprint density at radius 2 is 1.61 bits per heavy atom. The van der Waals surface area contributed by atoms with Crippen LogP contribution in [0.25, 0.3) is 0 Å². The SMILES string of the molecule is CC(=O)ON=C(C(=O)C[S+](C)C)c1ccccc1.F[B-](F)(F)F. The lowest BCUT2D eigenvalue weighted by atomic mass is 10.1. The topological polar surface area (TPSA) is 55.7 Å². The number of hydrogen-bond donors (Lipinski definition) is 0. The number of carbonyl (C=O) groups excluding carboxylic acids is 2. The fourth-order valence-electron chi connectivity index (χ4n) is 1.30. The number of halogens is 4. The van der Waals surface area contributed by atoms with E-state index in [9.17, 15) is 26.9 Å². The van der Waals surface area contributed by atoms with Gasteiger partial charge in [0.1, 0.15) is 0 Å². The fourth-order valence-corrected chi connectivity index (χ4v) is 1.96. The number of nitrogens with zero attached hydrogens (tertiary/aromatic N) is 1. The molecule has 0 atom stereocenters. The van der Waals surface area contributed by atoms with E-state index in [1.165, 1.54) is 6.92 Å². The second-order valence-corrected chi connectivity index (χ2v) is 6.70. The van der Waals surface area contributed by atoms with Gasteiger partial charge in [0, 0.05) is 12.5 Å². The molecule has 1 aromatic carbocycles. The Labute approximate surface area is 134 Å².